The third-order valence-electron chi connectivity index (χ3n) is 5.91. The predicted octanol–water partition coefficient (Wildman–Crippen LogP) is -0.530. The summed E-state index contributed by atoms with van der Waals surface area (Å²) in [7, 11) is 0. The molecule has 3 amide bonds. The van der Waals surface area contributed by atoms with E-state index in [1.807, 2.05) is 0 Å². The highest BCUT2D eigenvalue weighted by molar-refractivity contribution is 6.09. The molecule has 4 aliphatic rings. The van der Waals surface area contributed by atoms with E-state index in [4.69, 9.17) is 9.84 Å². The minimum atomic E-state index is -0.922. The number of fused-ring (bicyclic) bond motifs is 5. The Morgan fingerprint density at radius 1 is 1.12 bits per heavy atom. The minimum Gasteiger partial charge on any atom is -0.481 e. The van der Waals surface area contributed by atoms with Gasteiger partial charge in [0, 0.05) is 13.1 Å². The summed E-state index contributed by atoms with van der Waals surface area (Å²) in [6.07, 6.45) is 1.57. The summed E-state index contributed by atoms with van der Waals surface area (Å²) in [5.41, 5.74) is 0. The molecule has 4 fully saturated rings. The van der Waals surface area contributed by atoms with Gasteiger partial charge in [-0.05, 0) is 26.2 Å². The van der Waals surface area contributed by atoms with Gasteiger partial charge in [0.15, 0.2) is 0 Å². The van der Waals surface area contributed by atoms with E-state index in [9.17, 15) is 19.2 Å². The van der Waals surface area contributed by atoms with Gasteiger partial charge in [-0.2, -0.15) is 0 Å². The molecule has 4 rings (SSSR count). The molecule has 1 N–H and O–H groups in total. The average molecular weight is 336 g/mol. The fourth-order valence-electron chi connectivity index (χ4n) is 4.65. The second kappa shape index (κ2) is 5.27. The van der Waals surface area contributed by atoms with Crippen LogP contribution in [0.1, 0.15) is 26.2 Å². The molecule has 4 saturated heterocycles. The van der Waals surface area contributed by atoms with Crippen LogP contribution >= 0.6 is 0 Å². The number of carboxylic acid groups (broad SMARTS) is 1. The largest absolute Gasteiger partial charge is 0.481 e. The van der Waals surface area contributed by atoms with Crippen LogP contribution in [-0.4, -0.2) is 69.9 Å². The number of nitrogens with zero attached hydrogens (tertiary/aromatic N) is 2. The maximum absolute atomic E-state index is 12.7. The number of amides is 3. The third kappa shape index (κ3) is 2.02. The van der Waals surface area contributed by atoms with Crippen molar-refractivity contribution in [1.29, 1.82) is 0 Å². The van der Waals surface area contributed by atoms with Gasteiger partial charge in [0.1, 0.15) is 6.04 Å². The Morgan fingerprint density at radius 3 is 2.21 bits per heavy atom. The molecule has 0 radical (unpaired) electrons. The zero-order valence-corrected chi connectivity index (χ0v) is 13.4. The molecule has 8 nitrogen and oxygen atoms in total. The van der Waals surface area contributed by atoms with Crippen molar-refractivity contribution >= 4 is 23.7 Å². The first-order valence-electron chi connectivity index (χ1n) is 8.44. The van der Waals surface area contributed by atoms with E-state index in [2.05, 4.69) is 0 Å². The van der Waals surface area contributed by atoms with Gasteiger partial charge in [0.2, 0.25) is 17.7 Å². The molecule has 4 heterocycles. The Morgan fingerprint density at radius 2 is 1.71 bits per heavy atom. The number of aliphatic carboxylic acids is 1. The highest BCUT2D eigenvalue weighted by Crippen LogP contribution is 2.49. The van der Waals surface area contributed by atoms with Crippen molar-refractivity contribution in [1.82, 2.24) is 9.80 Å². The molecule has 130 valence electrons. The lowest BCUT2D eigenvalue weighted by Gasteiger charge is -2.27. The smallest absolute Gasteiger partial charge is 0.308 e. The van der Waals surface area contributed by atoms with Crippen LogP contribution < -0.4 is 0 Å². The summed E-state index contributed by atoms with van der Waals surface area (Å²) in [5.74, 6) is -3.37. The van der Waals surface area contributed by atoms with Crippen molar-refractivity contribution in [2.75, 3.05) is 13.1 Å². The Bertz CT molecular complexity index is 606. The number of carboxylic acids is 1. The van der Waals surface area contributed by atoms with Crippen molar-refractivity contribution in [2.45, 2.75) is 44.4 Å². The SMILES string of the molecule is CC(C(=O)N1CCC(C(=O)O)C1)N1C(=O)C2C3CCC(O3)C2C1=O. The van der Waals surface area contributed by atoms with Gasteiger partial charge in [0.05, 0.1) is 30.0 Å². The molecule has 2 bridgehead atoms. The summed E-state index contributed by atoms with van der Waals surface area (Å²) < 4.78 is 5.68. The van der Waals surface area contributed by atoms with Gasteiger partial charge in [0.25, 0.3) is 0 Å². The Balaban J connectivity index is 1.50. The van der Waals surface area contributed by atoms with Gasteiger partial charge in [-0.25, -0.2) is 0 Å². The first-order chi connectivity index (χ1) is 11.4. The zero-order chi connectivity index (χ0) is 17.2. The molecule has 4 aliphatic heterocycles. The number of hydrogen-bond acceptors (Lipinski definition) is 5. The molecule has 8 heteroatoms. The summed E-state index contributed by atoms with van der Waals surface area (Å²) in [6, 6.07) is -0.887. The van der Waals surface area contributed by atoms with Crippen molar-refractivity contribution < 1.29 is 29.0 Å². The normalized spacial score (nSPS) is 38.8. The Kier molecular flexibility index (Phi) is 3.42. The zero-order valence-electron chi connectivity index (χ0n) is 13.4. The second-order valence-corrected chi connectivity index (χ2v) is 7.17. The van der Waals surface area contributed by atoms with Gasteiger partial charge in [-0.3, -0.25) is 24.1 Å². The number of likely N-dealkylation sites (tertiary alicyclic amines) is 2. The van der Waals surface area contributed by atoms with Crippen LogP contribution in [0.25, 0.3) is 0 Å². The average Bonchev–Trinajstić information content (AvgIpc) is 3.29. The highest BCUT2D eigenvalue weighted by Gasteiger charge is 2.63. The fraction of sp³-hybridized carbons (Fsp3) is 0.750. The summed E-state index contributed by atoms with van der Waals surface area (Å²) >= 11 is 0. The molecule has 0 aromatic heterocycles. The first-order valence-corrected chi connectivity index (χ1v) is 8.44. The van der Waals surface area contributed by atoms with E-state index in [1.165, 1.54) is 4.90 Å². The third-order valence-corrected chi connectivity index (χ3v) is 5.91. The van der Waals surface area contributed by atoms with Crippen LogP contribution in [0.3, 0.4) is 0 Å². The molecule has 0 aliphatic carbocycles. The Hall–Kier alpha value is -1.96. The molecule has 0 saturated carbocycles. The lowest BCUT2D eigenvalue weighted by atomic mass is 9.81. The monoisotopic (exact) mass is 336 g/mol. The van der Waals surface area contributed by atoms with Gasteiger partial charge < -0.3 is 14.7 Å². The predicted molar refractivity (Wildman–Crippen MR) is 78.5 cm³/mol. The number of rotatable bonds is 3. The van der Waals surface area contributed by atoms with E-state index >= 15 is 0 Å². The maximum atomic E-state index is 12.7. The molecule has 0 aromatic rings. The quantitative estimate of drug-likeness (QED) is 0.695. The lowest BCUT2D eigenvalue weighted by molar-refractivity contribution is -0.153. The topological polar surface area (TPSA) is 104 Å². The molecule has 6 unspecified atom stereocenters. The molecular weight excluding hydrogens is 316 g/mol. The maximum Gasteiger partial charge on any atom is 0.308 e. The number of imide groups is 1. The number of ether oxygens (including phenoxy) is 1. The number of hydrogen-bond donors (Lipinski definition) is 1. The van der Waals surface area contributed by atoms with Crippen molar-refractivity contribution in [3.63, 3.8) is 0 Å². The molecule has 0 spiro atoms. The molecule has 24 heavy (non-hydrogen) atoms. The molecular formula is C16H20N2O6. The summed E-state index contributed by atoms with van der Waals surface area (Å²) in [6.45, 7) is 2.03. The van der Waals surface area contributed by atoms with Crippen LogP contribution in [-0.2, 0) is 23.9 Å². The fourth-order valence-corrected chi connectivity index (χ4v) is 4.65. The molecule has 0 aromatic carbocycles. The highest BCUT2D eigenvalue weighted by atomic mass is 16.5. The van der Waals surface area contributed by atoms with E-state index < -0.39 is 29.8 Å². The van der Waals surface area contributed by atoms with Crippen molar-refractivity contribution in [3.05, 3.63) is 0 Å². The standard InChI is InChI=1S/C16H20N2O6/c1-7(13(19)17-5-4-8(6-17)16(22)23)18-14(20)11-9-2-3-10(24-9)12(11)15(18)21/h7-12H,2-6H2,1H3,(H,22,23). The van der Waals surface area contributed by atoms with Crippen LogP contribution in [0.4, 0.5) is 0 Å². The van der Waals surface area contributed by atoms with Crippen molar-refractivity contribution in [2.24, 2.45) is 17.8 Å². The lowest BCUT2D eigenvalue weighted by Crippen LogP contribution is -2.50. The summed E-state index contributed by atoms with van der Waals surface area (Å²) in [5, 5.41) is 9.05. The van der Waals surface area contributed by atoms with Gasteiger partial charge in [-0.15, -0.1) is 0 Å². The van der Waals surface area contributed by atoms with E-state index in [-0.39, 0.29) is 36.5 Å². The number of carbonyl (C=O) groups is 4. The first kappa shape index (κ1) is 15.6. The van der Waals surface area contributed by atoms with Crippen LogP contribution in [0, 0.1) is 17.8 Å². The van der Waals surface area contributed by atoms with Gasteiger partial charge >= 0.3 is 5.97 Å². The van der Waals surface area contributed by atoms with E-state index in [1.54, 1.807) is 6.92 Å². The minimum absolute atomic E-state index is 0.135. The van der Waals surface area contributed by atoms with E-state index in [0.717, 1.165) is 17.7 Å². The van der Waals surface area contributed by atoms with E-state index in [0.29, 0.717) is 13.0 Å². The molecule has 6 atom stereocenters. The Labute approximate surface area is 138 Å². The van der Waals surface area contributed by atoms with Crippen LogP contribution in [0.15, 0.2) is 0 Å². The van der Waals surface area contributed by atoms with Crippen molar-refractivity contribution in [3.8, 4) is 0 Å². The second-order valence-electron chi connectivity index (χ2n) is 7.17. The van der Waals surface area contributed by atoms with Crippen LogP contribution in [0.5, 0.6) is 0 Å². The number of carbonyl (C=O) groups excluding carboxylic acids is 3. The summed E-state index contributed by atoms with van der Waals surface area (Å²) in [4.78, 5) is 51.6. The van der Waals surface area contributed by atoms with Crippen LogP contribution in [0.2, 0.25) is 0 Å². The van der Waals surface area contributed by atoms with Gasteiger partial charge in [-0.1, -0.05) is 0 Å².